The van der Waals surface area contributed by atoms with Crippen LogP contribution in [0.3, 0.4) is 0 Å². The van der Waals surface area contributed by atoms with E-state index < -0.39 is 0 Å². The normalized spacial score (nSPS) is 13.4. The van der Waals surface area contributed by atoms with Crippen LogP contribution in [0.4, 0.5) is 0 Å². The molecule has 0 aromatic rings. The maximum atomic E-state index is 8.21. The second-order valence-corrected chi connectivity index (χ2v) is 1.96. The Morgan fingerprint density at radius 2 is 1.88 bits per heavy atom. The Bertz CT molecular complexity index is 93.2. The molecule has 0 amide bonds. The quantitative estimate of drug-likeness (QED) is 0.541. The molecule has 0 aliphatic carbocycles. The van der Waals surface area contributed by atoms with Gasteiger partial charge in [-0.05, 0) is 20.8 Å². The molecule has 2 heteroatoms. The van der Waals surface area contributed by atoms with Gasteiger partial charge in [0, 0.05) is 0 Å². The largest absolute Gasteiger partial charge is 0.361 e. The molecule has 0 saturated carbocycles. The van der Waals surface area contributed by atoms with Crippen LogP contribution in [0.2, 0.25) is 0 Å². The Balaban J connectivity index is 3.28. The molecule has 0 spiro atoms. The molecule has 0 aromatic heterocycles. The lowest BCUT2D eigenvalue weighted by Gasteiger charge is -2.07. The van der Waals surface area contributed by atoms with Crippen LogP contribution in [0.5, 0.6) is 0 Å². The molecule has 8 heavy (non-hydrogen) atoms. The molecule has 0 aliphatic rings. The average Bonchev–Trinajstić information content (AvgIpc) is 1.65. The van der Waals surface area contributed by atoms with Gasteiger partial charge in [-0.2, -0.15) is 5.26 Å². The molecule has 0 aromatic carbocycles. The van der Waals surface area contributed by atoms with Gasteiger partial charge in [-0.15, -0.1) is 0 Å². The van der Waals surface area contributed by atoms with Gasteiger partial charge in [-0.3, -0.25) is 0 Å². The second kappa shape index (κ2) is 3.45. The van der Waals surface area contributed by atoms with E-state index in [1.54, 1.807) is 6.92 Å². The minimum Gasteiger partial charge on any atom is -0.361 e. The lowest BCUT2D eigenvalue weighted by Crippen LogP contribution is -2.11. The van der Waals surface area contributed by atoms with Crippen molar-refractivity contribution in [3.8, 4) is 6.07 Å². The molecule has 0 rings (SSSR count). The van der Waals surface area contributed by atoms with Crippen molar-refractivity contribution in [3.63, 3.8) is 0 Å². The van der Waals surface area contributed by atoms with Crippen molar-refractivity contribution < 1.29 is 4.74 Å². The number of hydrogen-bond acceptors (Lipinski definition) is 2. The van der Waals surface area contributed by atoms with Gasteiger partial charge < -0.3 is 4.74 Å². The molecule has 0 bridgehead atoms. The zero-order valence-electron chi connectivity index (χ0n) is 5.51. The molecular formula is C6H11NO. The lowest BCUT2D eigenvalue weighted by atomic mass is 10.4. The third-order valence-electron chi connectivity index (χ3n) is 0.658. The van der Waals surface area contributed by atoms with Crippen molar-refractivity contribution >= 4 is 0 Å². The first kappa shape index (κ1) is 7.45. The smallest absolute Gasteiger partial charge is 0.141 e. The van der Waals surface area contributed by atoms with Gasteiger partial charge in [0.15, 0.2) is 0 Å². The van der Waals surface area contributed by atoms with Crippen LogP contribution in [-0.2, 0) is 4.74 Å². The monoisotopic (exact) mass is 113 g/mol. The maximum absolute atomic E-state index is 8.21. The molecule has 0 saturated heterocycles. The van der Waals surface area contributed by atoms with Crippen molar-refractivity contribution in [2.24, 2.45) is 0 Å². The number of ether oxygens (including phenoxy) is 1. The summed E-state index contributed by atoms with van der Waals surface area (Å²) in [5.41, 5.74) is 0. The maximum Gasteiger partial charge on any atom is 0.141 e. The summed E-state index contributed by atoms with van der Waals surface area (Å²) in [6, 6.07) is 1.97. The molecule has 0 aliphatic heterocycles. The zero-order chi connectivity index (χ0) is 6.57. The first-order valence-corrected chi connectivity index (χ1v) is 2.72. The topological polar surface area (TPSA) is 33.0 Å². The van der Waals surface area contributed by atoms with Gasteiger partial charge in [0.25, 0.3) is 0 Å². The van der Waals surface area contributed by atoms with E-state index in [0.29, 0.717) is 0 Å². The standard InChI is InChI=1S/C6H11NO/c1-5(2)8-6(3)4-7/h5-6H,1-3H3/t6-/m1/s1. The number of hydrogen-bond donors (Lipinski definition) is 0. The van der Waals surface area contributed by atoms with Crippen LogP contribution in [-0.4, -0.2) is 12.2 Å². The summed E-state index contributed by atoms with van der Waals surface area (Å²) in [5.74, 6) is 0. The van der Waals surface area contributed by atoms with E-state index in [-0.39, 0.29) is 12.2 Å². The molecule has 2 nitrogen and oxygen atoms in total. The predicted octanol–water partition coefficient (Wildman–Crippen LogP) is 1.32. The third kappa shape index (κ3) is 3.63. The first-order valence-electron chi connectivity index (χ1n) is 2.72. The van der Waals surface area contributed by atoms with Crippen molar-refractivity contribution in [3.05, 3.63) is 0 Å². The number of nitrogens with zero attached hydrogens (tertiary/aromatic N) is 1. The highest BCUT2D eigenvalue weighted by Crippen LogP contribution is 1.93. The van der Waals surface area contributed by atoms with Gasteiger partial charge in [0.1, 0.15) is 6.10 Å². The molecule has 0 heterocycles. The van der Waals surface area contributed by atoms with Crippen molar-refractivity contribution in [2.75, 3.05) is 0 Å². The van der Waals surface area contributed by atoms with E-state index in [1.165, 1.54) is 0 Å². The van der Waals surface area contributed by atoms with E-state index in [9.17, 15) is 0 Å². The van der Waals surface area contributed by atoms with Crippen molar-refractivity contribution in [2.45, 2.75) is 33.0 Å². The van der Waals surface area contributed by atoms with E-state index in [2.05, 4.69) is 0 Å². The van der Waals surface area contributed by atoms with Gasteiger partial charge in [-0.1, -0.05) is 0 Å². The molecule has 0 radical (unpaired) electrons. The molecule has 0 fully saturated rings. The SMILES string of the molecule is CC(C)O[C@H](C)C#N. The van der Waals surface area contributed by atoms with Crippen LogP contribution in [0.15, 0.2) is 0 Å². The van der Waals surface area contributed by atoms with Crippen molar-refractivity contribution in [1.29, 1.82) is 5.26 Å². The molecule has 0 N–H and O–H groups in total. The highest BCUT2D eigenvalue weighted by atomic mass is 16.5. The minimum atomic E-state index is -0.269. The van der Waals surface area contributed by atoms with Crippen LogP contribution in [0, 0.1) is 11.3 Å². The summed E-state index contributed by atoms with van der Waals surface area (Å²) in [6.45, 7) is 5.56. The van der Waals surface area contributed by atoms with Crippen LogP contribution >= 0.6 is 0 Å². The minimum absolute atomic E-state index is 0.157. The molecular weight excluding hydrogens is 102 g/mol. The Labute approximate surface area is 50.1 Å². The Kier molecular flexibility index (Phi) is 3.21. The average molecular weight is 113 g/mol. The fourth-order valence-electron chi connectivity index (χ4n) is 0.439. The Morgan fingerprint density at radius 1 is 1.38 bits per heavy atom. The van der Waals surface area contributed by atoms with Gasteiger partial charge in [0.2, 0.25) is 0 Å². The second-order valence-electron chi connectivity index (χ2n) is 1.96. The van der Waals surface area contributed by atoms with Gasteiger partial charge in [0.05, 0.1) is 12.2 Å². The summed E-state index contributed by atoms with van der Waals surface area (Å²) in [5, 5.41) is 8.21. The van der Waals surface area contributed by atoms with Gasteiger partial charge >= 0.3 is 0 Å². The Hall–Kier alpha value is -0.550. The van der Waals surface area contributed by atoms with Crippen molar-refractivity contribution in [1.82, 2.24) is 0 Å². The summed E-state index contributed by atoms with van der Waals surface area (Å²) in [7, 11) is 0. The van der Waals surface area contributed by atoms with Gasteiger partial charge in [-0.25, -0.2) is 0 Å². The summed E-state index contributed by atoms with van der Waals surface area (Å²) in [6.07, 6.45) is -0.111. The fourth-order valence-corrected chi connectivity index (χ4v) is 0.439. The van der Waals surface area contributed by atoms with Crippen LogP contribution < -0.4 is 0 Å². The Morgan fingerprint density at radius 3 is 2.00 bits per heavy atom. The number of rotatable bonds is 2. The van der Waals surface area contributed by atoms with Crippen LogP contribution in [0.25, 0.3) is 0 Å². The number of nitriles is 1. The summed E-state index contributed by atoms with van der Waals surface area (Å²) >= 11 is 0. The van der Waals surface area contributed by atoms with E-state index in [4.69, 9.17) is 10.00 Å². The first-order chi connectivity index (χ1) is 3.66. The zero-order valence-corrected chi connectivity index (χ0v) is 5.51. The lowest BCUT2D eigenvalue weighted by molar-refractivity contribution is 0.0502. The van der Waals surface area contributed by atoms with E-state index in [1.807, 2.05) is 19.9 Å². The fraction of sp³-hybridized carbons (Fsp3) is 0.833. The highest BCUT2D eigenvalue weighted by Gasteiger charge is 1.99. The van der Waals surface area contributed by atoms with Crippen LogP contribution in [0.1, 0.15) is 20.8 Å². The molecule has 0 unspecified atom stereocenters. The van der Waals surface area contributed by atoms with E-state index >= 15 is 0 Å². The third-order valence-corrected chi connectivity index (χ3v) is 0.658. The van der Waals surface area contributed by atoms with E-state index in [0.717, 1.165) is 0 Å². The highest BCUT2D eigenvalue weighted by molar-refractivity contribution is 4.79. The summed E-state index contributed by atoms with van der Waals surface area (Å²) < 4.78 is 5.04. The molecule has 46 valence electrons. The predicted molar refractivity (Wildman–Crippen MR) is 31.3 cm³/mol. The summed E-state index contributed by atoms with van der Waals surface area (Å²) in [4.78, 5) is 0. The molecule has 1 atom stereocenters.